The molecular weight excluding hydrogens is 446 g/mol. The predicted octanol–water partition coefficient (Wildman–Crippen LogP) is 5.47. The summed E-state index contributed by atoms with van der Waals surface area (Å²) in [6, 6.07) is 12.2. The second kappa shape index (κ2) is 10.2. The number of amides is 2. The Morgan fingerprint density at radius 2 is 2.06 bits per heavy atom. The Kier molecular flexibility index (Phi) is 6.92. The Balaban J connectivity index is 1.59. The van der Waals surface area contributed by atoms with Crippen LogP contribution in [0.3, 0.4) is 0 Å². The number of ether oxygens (including phenoxy) is 2. The van der Waals surface area contributed by atoms with Gasteiger partial charge in [0.25, 0.3) is 0 Å². The molecule has 0 fully saturated rings. The Morgan fingerprint density at radius 1 is 1.18 bits per heavy atom. The average Bonchev–Trinajstić information content (AvgIpc) is 3.44. The first kappa shape index (κ1) is 23.0. The number of methoxy groups -OCH3 is 1. The molecule has 1 unspecified atom stereocenters. The molecule has 6 nitrogen and oxygen atoms in total. The van der Waals surface area contributed by atoms with Crippen LogP contribution in [0.1, 0.15) is 59.5 Å². The van der Waals surface area contributed by atoms with Gasteiger partial charge in [0.1, 0.15) is 10.8 Å². The summed E-state index contributed by atoms with van der Waals surface area (Å²) in [5, 5.41) is 4.42. The minimum atomic E-state index is -0.211. The molecule has 3 aromatic rings. The highest BCUT2D eigenvalue weighted by molar-refractivity contribution is 7.15. The first-order chi connectivity index (χ1) is 16.7. The van der Waals surface area contributed by atoms with Crippen LogP contribution >= 0.6 is 11.3 Å². The second-order valence-electron chi connectivity index (χ2n) is 8.91. The van der Waals surface area contributed by atoms with Gasteiger partial charge in [0.2, 0.25) is 0 Å². The Morgan fingerprint density at radius 3 is 2.91 bits per heavy atom. The largest absolute Gasteiger partial charge is 0.494 e. The zero-order chi connectivity index (χ0) is 23.5. The van der Waals surface area contributed by atoms with Crippen LogP contribution in [-0.2, 0) is 24.1 Å². The van der Waals surface area contributed by atoms with Crippen molar-refractivity contribution in [2.75, 3.05) is 26.9 Å². The second-order valence-corrected chi connectivity index (χ2v) is 10.00. The van der Waals surface area contributed by atoms with Gasteiger partial charge in [-0.3, -0.25) is 0 Å². The first-order valence-corrected chi connectivity index (χ1v) is 13.1. The molecule has 2 aliphatic rings. The van der Waals surface area contributed by atoms with Crippen LogP contribution < -0.4 is 10.1 Å². The SMILES string of the molecule is CCOc1cccc(C2c3cccn3-c3sc4c(c3CN2C(=O)NCCCOC)CCCC4)c1. The highest BCUT2D eigenvalue weighted by Gasteiger charge is 2.36. The number of rotatable bonds is 7. The van der Waals surface area contributed by atoms with Gasteiger partial charge in [0, 0.05) is 36.9 Å². The maximum absolute atomic E-state index is 13.7. The summed E-state index contributed by atoms with van der Waals surface area (Å²) in [5.41, 5.74) is 4.94. The molecule has 1 atom stereocenters. The molecule has 0 bridgehead atoms. The van der Waals surface area contributed by atoms with Crippen molar-refractivity contribution >= 4 is 17.4 Å². The lowest BCUT2D eigenvalue weighted by atomic mass is 9.95. The number of nitrogens with zero attached hydrogens (tertiary/aromatic N) is 2. The highest BCUT2D eigenvalue weighted by Crippen LogP contribution is 2.44. The van der Waals surface area contributed by atoms with Crippen molar-refractivity contribution in [1.29, 1.82) is 0 Å². The molecule has 1 N–H and O–H groups in total. The first-order valence-electron chi connectivity index (χ1n) is 12.3. The summed E-state index contributed by atoms with van der Waals surface area (Å²) in [6.45, 7) is 4.42. The van der Waals surface area contributed by atoms with E-state index < -0.39 is 0 Å². The monoisotopic (exact) mass is 479 g/mol. The minimum Gasteiger partial charge on any atom is -0.494 e. The predicted molar refractivity (Wildman–Crippen MR) is 135 cm³/mol. The van der Waals surface area contributed by atoms with E-state index in [0.717, 1.165) is 36.3 Å². The topological polar surface area (TPSA) is 55.7 Å². The molecule has 0 radical (unpaired) electrons. The zero-order valence-corrected chi connectivity index (χ0v) is 20.8. The lowest BCUT2D eigenvalue weighted by molar-refractivity contribution is 0.174. The molecule has 1 aliphatic carbocycles. The van der Waals surface area contributed by atoms with E-state index in [9.17, 15) is 4.79 Å². The zero-order valence-electron chi connectivity index (χ0n) is 20.0. The maximum Gasteiger partial charge on any atom is 0.318 e. The third-order valence-corrected chi connectivity index (χ3v) is 8.06. The van der Waals surface area contributed by atoms with E-state index in [2.05, 4.69) is 40.3 Å². The molecule has 3 heterocycles. The molecule has 0 spiro atoms. The molecule has 2 amide bonds. The number of nitrogens with one attached hydrogen (secondary N) is 1. The van der Waals surface area contributed by atoms with Crippen LogP contribution in [0.25, 0.3) is 5.00 Å². The van der Waals surface area contributed by atoms with Gasteiger partial charge in [0.05, 0.1) is 24.9 Å². The van der Waals surface area contributed by atoms with Crippen LogP contribution in [0.2, 0.25) is 0 Å². The molecule has 7 heteroatoms. The highest BCUT2D eigenvalue weighted by atomic mass is 32.1. The molecule has 2 aromatic heterocycles. The number of aryl methyl sites for hydroxylation is 1. The van der Waals surface area contributed by atoms with Gasteiger partial charge in [-0.25, -0.2) is 4.79 Å². The maximum atomic E-state index is 13.7. The van der Waals surface area contributed by atoms with Crippen LogP contribution in [0, 0.1) is 0 Å². The minimum absolute atomic E-state index is 0.0423. The smallest absolute Gasteiger partial charge is 0.318 e. The number of benzene rings is 1. The Hall–Kier alpha value is -2.77. The molecule has 34 heavy (non-hydrogen) atoms. The van der Waals surface area contributed by atoms with Gasteiger partial charge in [-0.15, -0.1) is 11.3 Å². The summed E-state index contributed by atoms with van der Waals surface area (Å²) in [4.78, 5) is 17.2. The number of fused-ring (bicyclic) bond motifs is 5. The lowest BCUT2D eigenvalue weighted by Crippen LogP contribution is -2.42. The van der Waals surface area contributed by atoms with Gasteiger partial charge < -0.3 is 24.3 Å². The quantitative estimate of drug-likeness (QED) is 0.458. The van der Waals surface area contributed by atoms with E-state index in [4.69, 9.17) is 9.47 Å². The summed E-state index contributed by atoms with van der Waals surface area (Å²) < 4.78 is 13.3. The normalized spacial score (nSPS) is 16.9. The fourth-order valence-electron chi connectivity index (χ4n) is 5.19. The van der Waals surface area contributed by atoms with Gasteiger partial charge >= 0.3 is 6.03 Å². The molecule has 0 saturated heterocycles. The van der Waals surface area contributed by atoms with Crippen molar-refractivity contribution in [2.24, 2.45) is 0 Å². The van der Waals surface area contributed by atoms with Crippen molar-refractivity contribution in [3.05, 3.63) is 69.9 Å². The number of hydrogen-bond donors (Lipinski definition) is 1. The van der Waals surface area contributed by atoms with Crippen molar-refractivity contribution in [3.63, 3.8) is 0 Å². The van der Waals surface area contributed by atoms with Crippen LogP contribution in [-0.4, -0.2) is 42.4 Å². The van der Waals surface area contributed by atoms with Crippen LogP contribution in [0.4, 0.5) is 4.79 Å². The number of carbonyl (C=O) groups is 1. The third kappa shape index (κ3) is 4.34. The van der Waals surface area contributed by atoms with Gasteiger partial charge in [-0.05, 0) is 74.4 Å². The van der Waals surface area contributed by atoms with Crippen molar-refractivity contribution in [2.45, 2.75) is 51.6 Å². The van der Waals surface area contributed by atoms with E-state index in [1.165, 1.54) is 33.8 Å². The lowest BCUT2D eigenvalue weighted by Gasteiger charge is -2.31. The van der Waals surface area contributed by atoms with Gasteiger partial charge in [0.15, 0.2) is 0 Å². The third-order valence-electron chi connectivity index (χ3n) is 6.73. The number of urea groups is 1. The van der Waals surface area contributed by atoms with Gasteiger partial charge in [-0.1, -0.05) is 12.1 Å². The average molecular weight is 480 g/mol. The van der Waals surface area contributed by atoms with E-state index in [0.29, 0.717) is 26.3 Å². The fraction of sp³-hybridized carbons (Fsp3) is 0.444. The van der Waals surface area contributed by atoms with Crippen molar-refractivity contribution in [3.8, 4) is 10.8 Å². The molecule has 180 valence electrons. The van der Waals surface area contributed by atoms with Crippen molar-refractivity contribution < 1.29 is 14.3 Å². The van der Waals surface area contributed by atoms with Crippen LogP contribution in [0.15, 0.2) is 42.6 Å². The fourth-order valence-corrected chi connectivity index (χ4v) is 6.60. The summed E-state index contributed by atoms with van der Waals surface area (Å²) in [7, 11) is 1.69. The molecule has 1 aliphatic heterocycles. The van der Waals surface area contributed by atoms with E-state index in [1.807, 2.05) is 35.3 Å². The summed E-state index contributed by atoms with van der Waals surface area (Å²) in [6.07, 6.45) is 7.66. The summed E-state index contributed by atoms with van der Waals surface area (Å²) in [5.74, 6) is 0.829. The van der Waals surface area contributed by atoms with E-state index in [-0.39, 0.29) is 12.1 Å². The van der Waals surface area contributed by atoms with E-state index >= 15 is 0 Å². The molecule has 1 aromatic carbocycles. The number of aromatic nitrogens is 1. The summed E-state index contributed by atoms with van der Waals surface area (Å²) >= 11 is 1.91. The van der Waals surface area contributed by atoms with Crippen LogP contribution in [0.5, 0.6) is 5.75 Å². The Bertz CT molecular complexity index is 1150. The number of hydrogen-bond acceptors (Lipinski definition) is 4. The van der Waals surface area contributed by atoms with Gasteiger partial charge in [-0.2, -0.15) is 0 Å². The number of thiophene rings is 1. The molecule has 5 rings (SSSR count). The van der Waals surface area contributed by atoms with E-state index in [1.54, 1.807) is 7.11 Å². The molecule has 0 saturated carbocycles. The standard InChI is InChI=1S/C27H33N3O3S/c1-3-33-20-10-6-9-19(17-20)25-23-12-7-15-29(23)26-22(21-11-4-5-13-24(21)34-26)18-30(25)27(31)28-14-8-16-32-2/h6-7,9-10,12,15,17,25H,3-5,8,11,13-14,16,18H2,1-2H3,(H,28,31). The Labute approximate surface area is 205 Å². The molecular formula is C27H33N3O3S. The number of carbonyl (C=O) groups excluding carboxylic acids is 1. The van der Waals surface area contributed by atoms with Crippen molar-refractivity contribution in [1.82, 2.24) is 14.8 Å².